The van der Waals surface area contributed by atoms with Gasteiger partial charge in [0.1, 0.15) is 0 Å². The summed E-state index contributed by atoms with van der Waals surface area (Å²) in [6.07, 6.45) is 5.53. The maximum absolute atomic E-state index is 12.1. The van der Waals surface area contributed by atoms with Crippen molar-refractivity contribution in [1.29, 1.82) is 0 Å². The number of hydrogen-bond donors (Lipinski definition) is 0. The minimum atomic E-state index is -0.0640. The number of nitrogens with zero attached hydrogens (tertiary/aromatic N) is 1. The van der Waals surface area contributed by atoms with Gasteiger partial charge >= 0.3 is 0 Å². The molecule has 1 aliphatic heterocycles. The van der Waals surface area contributed by atoms with Crippen LogP contribution in [0.1, 0.15) is 29.8 Å². The molecule has 1 heterocycles. The van der Waals surface area contributed by atoms with Crippen molar-refractivity contribution in [2.24, 2.45) is 0 Å². The fourth-order valence-corrected chi connectivity index (χ4v) is 3.23. The SMILES string of the molecule is CN1C(=CC=CC(=O)c2ccccc2)C(C)(C)c2ccccc21. The lowest BCUT2D eigenvalue weighted by molar-refractivity contribution is 0.104. The van der Waals surface area contributed by atoms with Gasteiger partial charge < -0.3 is 4.90 Å². The monoisotopic (exact) mass is 303 g/mol. The van der Waals surface area contributed by atoms with E-state index in [1.165, 1.54) is 16.9 Å². The summed E-state index contributed by atoms with van der Waals surface area (Å²) in [5.41, 5.74) is 4.38. The topological polar surface area (TPSA) is 20.3 Å². The molecule has 2 nitrogen and oxygen atoms in total. The molecule has 23 heavy (non-hydrogen) atoms. The average Bonchev–Trinajstić information content (AvgIpc) is 2.76. The Kier molecular flexibility index (Phi) is 3.91. The van der Waals surface area contributed by atoms with Gasteiger partial charge in [0.15, 0.2) is 5.78 Å². The van der Waals surface area contributed by atoms with Crippen molar-refractivity contribution in [3.8, 4) is 0 Å². The molecular formula is C21H21NO. The molecule has 0 atom stereocenters. The van der Waals surface area contributed by atoms with Gasteiger partial charge in [-0.25, -0.2) is 0 Å². The molecule has 0 radical (unpaired) electrons. The zero-order valence-electron chi connectivity index (χ0n) is 13.8. The van der Waals surface area contributed by atoms with Gasteiger partial charge in [0.25, 0.3) is 0 Å². The lowest BCUT2D eigenvalue weighted by Gasteiger charge is -2.23. The third-order valence-corrected chi connectivity index (χ3v) is 4.50. The molecule has 0 amide bonds. The van der Waals surface area contributed by atoms with Crippen LogP contribution in [-0.2, 0) is 5.41 Å². The van der Waals surface area contributed by atoms with Crippen LogP contribution in [0.3, 0.4) is 0 Å². The number of carbonyl (C=O) groups is 1. The highest BCUT2D eigenvalue weighted by molar-refractivity contribution is 6.04. The first kappa shape index (κ1) is 15.3. The summed E-state index contributed by atoms with van der Waals surface area (Å²) in [7, 11) is 2.08. The second kappa shape index (κ2) is 5.88. The highest BCUT2D eigenvalue weighted by Gasteiger charge is 2.37. The Bertz CT molecular complexity index is 784. The summed E-state index contributed by atoms with van der Waals surface area (Å²) in [5, 5.41) is 0. The highest BCUT2D eigenvalue weighted by atomic mass is 16.1. The smallest absolute Gasteiger partial charge is 0.185 e. The van der Waals surface area contributed by atoms with Crippen molar-refractivity contribution in [2.75, 3.05) is 11.9 Å². The Morgan fingerprint density at radius 3 is 2.35 bits per heavy atom. The number of hydrogen-bond acceptors (Lipinski definition) is 2. The van der Waals surface area contributed by atoms with Crippen molar-refractivity contribution in [3.05, 3.63) is 89.6 Å². The third kappa shape index (κ3) is 2.72. The summed E-state index contributed by atoms with van der Waals surface area (Å²) >= 11 is 0. The number of para-hydroxylation sites is 1. The number of rotatable bonds is 3. The van der Waals surface area contributed by atoms with Gasteiger partial charge in [-0.05, 0) is 23.8 Å². The molecule has 0 aromatic heterocycles. The molecule has 0 bridgehead atoms. The van der Waals surface area contributed by atoms with Gasteiger partial charge in [0.2, 0.25) is 0 Å². The Labute approximate surface area is 137 Å². The zero-order chi connectivity index (χ0) is 16.4. The molecule has 2 heteroatoms. The molecule has 0 fully saturated rings. The van der Waals surface area contributed by atoms with Gasteiger partial charge in [-0.1, -0.05) is 68.5 Å². The van der Waals surface area contributed by atoms with E-state index in [0.717, 1.165) is 0 Å². The van der Waals surface area contributed by atoms with Crippen molar-refractivity contribution in [1.82, 2.24) is 0 Å². The van der Waals surface area contributed by atoms with Crippen LogP contribution in [0.4, 0.5) is 5.69 Å². The quantitative estimate of drug-likeness (QED) is 0.603. The first-order valence-corrected chi connectivity index (χ1v) is 7.83. The molecule has 0 saturated heterocycles. The van der Waals surface area contributed by atoms with Crippen LogP contribution in [0.2, 0.25) is 0 Å². The van der Waals surface area contributed by atoms with E-state index in [1.807, 2.05) is 42.5 Å². The third-order valence-electron chi connectivity index (χ3n) is 4.50. The number of ketones is 1. The van der Waals surface area contributed by atoms with Crippen molar-refractivity contribution >= 4 is 11.5 Å². The summed E-state index contributed by atoms with van der Waals surface area (Å²) in [5.74, 6) is 0.0263. The molecule has 0 unspecified atom stereocenters. The fourth-order valence-electron chi connectivity index (χ4n) is 3.23. The number of fused-ring (bicyclic) bond motifs is 1. The standard InChI is InChI=1S/C21H21NO/c1-21(2)17-12-7-8-13-18(17)22(3)20(21)15-9-14-19(23)16-10-5-4-6-11-16/h4-15H,1-3H3. The van der Waals surface area contributed by atoms with Gasteiger partial charge in [0.05, 0.1) is 0 Å². The van der Waals surface area contributed by atoms with Crippen LogP contribution in [-0.4, -0.2) is 12.8 Å². The van der Waals surface area contributed by atoms with Crippen molar-refractivity contribution in [3.63, 3.8) is 0 Å². The normalized spacial score (nSPS) is 17.7. The fraction of sp³-hybridized carbons (Fsp3) is 0.190. The number of carbonyl (C=O) groups excluding carboxylic acids is 1. The number of anilines is 1. The Morgan fingerprint density at radius 1 is 1.00 bits per heavy atom. The molecule has 3 rings (SSSR count). The van der Waals surface area contributed by atoms with E-state index >= 15 is 0 Å². The second-order valence-electron chi connectivity index (χ2n) is 6.34. The molecule has 0 saturated carbocycles. The minimum absolute atomic E-state index is 0.0263. The van der Waals surface area contributed by atoms with Crippen LogP contribution >= 0.6 is 0 Å². The van der Waals surface area contributed by atoms with Gasteiger partial charge in [0, 0.05) is 29.4 Å². The largest absolute Gasteiger partial charge is 0.347 e. The van der Waals surface area contributed by atoms with Crippen molar-refractivity contribution < 1.29 is 4.79 Å². The first-order valence-electron chi connectivity index (χ1n) is 7.83. The van der Waals surface area contributed by atoms with Gasteiger partial charge in [-0.15, -0.1) is 0 Å². The second-order valence-corrected chi connectivity index (χ2v) is 6.34. The van der Waals surface area contributed by atoms with E-state index < -0.39 is 0 Å². The molecule has 0 aliphatic carbocycles. The van der Waals surface area contributed by atoms with E-state index in [0.29, 0.717) is 5.56 Å². The van der Waals surface area contributed by atoms with Crippen LogP contribution in [0, 0.1) is 0 Å². The molecule has 2 aromatic carbocycles. The summed E-state index contributed by atoms with van der Waals surface area (Å²) in [6, 6.07) is 17.8. The van der Waals surface area contributed by atoms with E-state index in [4.69, 9.17) is 0 Å². The van der Waals surface area contributed by atoms with E-state index in [2.05, 4.69) is 50.1 Å². The molecule has 2 aromatic rings. The average molecular weight is 303 g/mol. The van der Waals surface area contributed by atoms with E-state index in [-0.39, 0.29) is 11.2 Å². The summed E-state index contributed by atoms with van der Waals surface area (Å²) in [4.78, 5) is 14.4. The maximum atomic E-state index is 12.1. The molecule has 0 N–H and O–H groups in total. The Balaban J connectivity index is 1.86. The Hall–Kier alpha value is -2.61. The van der Waals surface area contributed by atoms with Crippen molar-refractivity contribution in [2.45, 2.75) is 19.3 Å². The predicted octanol–water partition coefficient (Wildman–Crippen LogP) is 4.74. The van der Waals surface area contributed by atoms with Crippen LogP contribution in [0.15, 0.2) is 78.5 Å². The number of allylic oxidation sites excluding steroid dienone is 4. The Morgan fingerprint density at radius 2 is 1.65 bits per heavy atom. The van der Waals surface area contributed by atoms with Crippen LogP contribution in [0.5, 0.6) is 0 Å². The molecular weight excluding hydrogens is 282 g/mol. The minimum Gasteiger partial charge on any atom is -0.347 e. The molecule has 0 spiro atoms. The van der Waals surface area contributed by atoms with Gasteiger partial charge in [-0.3, -0.25) is 4.79 Å². The maximum Gasteiger partial charge on any atom is 0.185 e. The molecule has 1 aliphatic rings. The van der Waals surface area contributed by atoms with Crippen LogP contribution < -0.4 is 4.90 Å². The predicted molar refractivity (Wildman–Crippen MR) is 95.9 cm³/mol. The zero-order valence-corrected chi connectivity index (χ0v) is 13.8. The van der Waals surface area contributed by atoms with Gasteiger partial charge in [-0.2, -0.15) is 0 Å². The lowest BCUT2D eigenvalue weighted by atomic mass is 9.84. The number of benzene rings is 2. The van der Waals surface area contributed by atoms with Crippen LogP contribution in [0.25, 0.3) is 0 Å². The lowest BCUT2D eigenvalue weighted by Crippen LogP contribution is -2.22. The molecule has 116 valence electrons. The van der Waals surface area contributed by atoms with E-state index in [9.17, 15) is 4.79 Å². The summed E-state index contributed by atoms with van der Waals surface area (Å²) in [6.45, 7) is 4.43. The first-order chi connectivity index (χ1) is 11.0. The van der Waals surface area contributed by atoms with E-state index in [1.54, 1.807) is 6.08 Å². The summed E-state index contributed by atoms with van der Waals surface area (Å²) < 4.78 is 0. The highest BCUT2D eigenvalue weighted by Crippen LogP contribution is 2.46. The number of likely N-dealkylation sites (N-methyl/N-ethyl adjacent to an activating group) is 1.